The summed E-state index contributed by atoms with van der Waals surface area (Å²) < 4.78 is 0. The van der Waals surface area contributed by atoms with Crippen molar-refractivity contribution in [2.24, 2.45) is 5.73 Å². The Labute approximate surface area is 111 Å². The highest BCUT2D eigenvalue weighted by Gasteiger charge is 2.31. The van der Waals surface area contributed by atoms with E-state index in [-0.39, 0.29) is 5.54 Å². The van der Waals surface area contributed by atoms with E-state index < -0.39 is 0 Å². The number of hydrogen-bond acceptors (Lipinski definition) is 3. The van der Waals surface area contributed by atoms with Crippen molar-refractivity contribution in [2.75, 3.05) is 0 Å². The second-order valence-corrected chi connectivity index (χ2v) is 6.05. The van der Waals surface area contributed by atoms with Crippen LogP contribution in [0.1, 0.15) is 43.5 Å². The summed E-state index contributed by atoms with van der Waals surface area (Å²) in [6.45, 7) is 0. The summed E-state index contributed by atoms with van der Waals surface area (Å²) >= 11 is 1.71. The summed E-state index contributed by atoms with van der Waals surface area (Å²) in [5, 5.41) is 3.22. The van der Waals surface area contributed by atoms with Crippen molar-refractivity contribution in [1.82, 2.24) is 9.97 Å². The first-order chi connectivity index (χ1) is 8.78. The number of rotatable bonds is 2. The monoisotopic (exact) mass is 261 g/mol. The Hall–Kier alpha value is -1.13. The minimum absolute atomic E-state index is 0.188. The Balaban J connectivity index is 1.88. The molecule has 3 nitrogen and oxygen atoms in total. The first-order valence-corrected chi connectivity index (χ1v) is 7.55. The third-order valence-corrected chi connectivity index (χ3v) is 4.86. The normalized spacial score (nSPS) is 19.6. The van der Waals surface area contributed by atoms with Crippen molar-refractivity contribution in [3.63, 3.8) is 0 Å². The minimum Gasteiger partial charge on any atom is -0.360 e. The second kappa shape index (κ2) is 4.86. The third kappa shape index (κ3) is 2.22. The number of H-pyrrole nitrogens is 1. The van der Waals surface area contributed by atoms with Crippen LogP contribution in [0, 0.1) is 0 Å². The fourth-order valence-electron chi connectivity index (χ4n) is 2.69. The molecule has 1 fully saturated rings. The van der Waals surface area contributed by atoms with Gasteiger partial charge in [-0.25, -0.2) is 4.98 Å². The average Bonchev–Trinajstić information content (AvgIpc) is 3.00. The Morgan fingerprint density at radius 3 is 2.67 bits per heavy atom. The molecule has 18 heavy (non-hydrogen) atoms. The Morgan fingerprint density at radius 1 is 1.22 bits per heavy atom. The molecule has 2 aromatic rings. The largest absolute Gasteiger partial charge is 0.360 e. The second-order valence-electron chi connectivity index (χ2n) is 5.19. The van der Waals surface area contributed by atoms with Crippen LogP contribution in [0.25, 0.3) is 11.4 Å². The molecular weight excluding hydrogens is 242 g/mol. The van der Waals surface area contributed by atoms with Gasteiger partial charge in [0.25, 0.3) is 0 Å². The molecule has 1 aliphatic rings. The van der Waals surface area contributed by atoms with E-state index in [0.717, 1.165) is 29.2 Å². The molecule has 0 saturated heterocycles. The van der Waals surface area contributed by atoms with Crippen molar-refractivity contribution < 1.29 is 0 Å². The van der Waals surface area contributed by atoms with Gasteiger partial charge in [-0.1, -0.05) is 25.7 Å². The molecule has 96 valence electrons. The van der Waals surface area contributed by atoms with Crippen LogP contribution in [0.2, 0.25) is 0 Å². The fraction of sp³-hybridized carbons (Fsp3) is 0.500. The molecule has 0 radical (unpaired) electrons. The van der Waals surface area contributed by atoms with E-state index in [1.54, 1.807) is 11.3 Å². The summed E-state index contributed by atoms with van der Waals surface area (Å²) in [6, 6.07) is 4.05. The predicted molar refractivity (Wildman–Crippen MR) is 75.5 cm³/mol. The molecule has 1 saturated carbocycles. The minimum atomic E-state index is -0.188. The number of nitrogens with zero attached hydrogens (tertiary/aromatic N) is 1. The standard InChI is InChI=1S/C14H19N3S/c15-14(7-3-1-2-4-8-14)13-17-12(10-18-13)11-6-5-9-16-11/h5-6,9-10,16H,1-4,7-8,15H2. The van der Waals surface area contributed by atoms with Gasteiger partial charge in [-0.3, -0.25) is 0 Å². The smallest absolute Gasteiger partial charge is 0.113 e. The van der Waals surface area contributed by atoms with Gasteiger partial charge in [0.1, 0.15) is 5.01 Å². The lowest BCUT2D eigenvalue weighted by Gasteiger charge is -2.25. The zero-order chi connectivity index (χ0) is 12.4. The van der Waals surface area contributed by atoms with Gasteiger partial charge < -0.3 is 10.7 Å². The maximum Gasteiger partial charge on any atom is 0.113 e. The molecule has 0 aromatic carbocycles. The molecule has 1 aliphatic carbocycles. The number of aromatic nitrogens is 2. The summed E-state index contributed by atoms with van der Waals surface area (Å²) in [4.78, 5) is 7.95. The highest BCUT2D eigenvalue weighted by Crippen LogP contribution is 2.36. The number of nitrogens with two attached hydrogens (primary N) is 1. The third-order valence-electron chi connectivity index (χ3n) is 3.80. The highest BCUT2D eigenvalue weighted by molar-refractivity contribution is 7.10. The summed E-state index contributed by atoms with van der Waals surface area (Å²) in [5.41, 5.74) is 8.50. The maximum atomic E-state index is 6.58. The number of thiazole rings is 1. The zero-order valence-corrected chi connectivity index (χ0v) is 11.3. The molecule has 3 rings (SSSR count). The molecule has 0 aliphatic heterocycles. The van der Waals surface area contributed by atoms with Gasteiger partial charge in [-0.05, 0) is 25.0 Å². The maximum absolute atomic E-state index is 6.58. The van der Waals surface area contributed by atoms with Crippen molar-refractivity contribution in [1.29, 1.82) is 0 Å². The first kappa shape index (κ1) is 11.9. The van der Waals surface area contributed by atoms with Crippen LogP contribution in [0.5, 0.6) is 0 Å². The van der Waals surface area contributed by atoms with Crippen LogP contribution in [-0.4, -0.2) is 9.97 Å². The van der Waals surface area contributed by atoms with Gasteiger partial charge in [0, 0.05) is 11.6 Å². The van der Waals surface area contributed by atoms with Crippen LogP contribution in [0.15, 0.2) is 23.7 Å². The topological polar surface area (TPSA) is 54.7 Å². The van der Waals surface area contributed by atoms with Crippen molar-refractivity contribution in [2.45, 2.75) is 44.1 Å². The summed E-state index contributed by atoms with van der Waals surface area (Å²) in [6.07, 6.45) is 9.16. The zero-order valence-electron chi connectivity index (χ0n) is 10.5. The molecule has 2 aromatic heterocycles. The van der Waals surface area contributed by atoms with Crippen molar-refractivity contribution >= 4 is 11.3 Å². The lowest BCUT2D eigenvalue weighted by atomic mass is 9.92. The van der Waals surface area contributed by atoms with E-state index in [0.29, 0.717) is 0 Å². The lowest BCUT2D eigenvalue weighted by molar-refractivity contribution is 0.384. The average molecular weight is 261 g/mol. The molecule has 3 N–H and O–H groups in total. The van der Waals surface area contributed by atoms with Crippen LogP contribution in [0.4, 0.5) is 0 Å². The van der Waals surface area contributed by atoms with Gasteiger partial charge in [0.05, 0.1) is 16.9 Å². The van der Waals surface area contributed by atoms with Gasteiger partial charge >= 0.3 is 0 Å². The van der Waals surface area contributed by atoms with E-state index in [4.69, 9.17) is 10.7 Å². The summed E-state index contributed by atoms with van der Waals surface area (Å²) in [5.74, 6) is 0. The lowest BCUT2D eigenvalue weighted by Crippen LogP contribution is -2.35. The van der Waals surface area contributed by atoms with Gasteiger partial charge in [-0.15, -0.1) is 11.3 Å². The molecule has 0 unspecified atom stereocenters. The van der Waals surface area contributed by atoms with E-state index in [1.165, 1.54) is 25.7 Å². The molecule has 2 heterocycles. The molecular formula is C14H19N3S. The first-order valence-electron chi connectivity index (χ1n) is 6.67. The highest BCUT2D eigenvalue weighted by atomic mass is 32.1. The van der Waals surface area contributed by atoms with Gasteiger partial charge in [-0.2, -0.15) is 0 Å². The van der Waals surface area contributed by atoms with E-state index in [9.17, 15) is 0 Å². The molecule has 4 heteroatoms. The number of nitrogens with one attached hydrogen (secondary N) is 1. The molecule has 0 atom stereocenters. The number of hydrogen-bond donors (Lipinski definition) is 2. The van der Waals surface area contributed by atoms with Gasteiger partial charge in [0.15, 0.2) is 0 Å². The Kier molecular flexibility index (Phi) is 3.22. The molecule has 0 amide bonds. The van der Waals surface area contributed by atoms with E-state index in [2.05, 4.69) is 16.4 Å². The number of aromatic amines is 1. The van der Waals surface area contributed by atoms with Crippen LogP contribution >= 0.6 is 11.3 Å². The van der Waals surface area contributed by atoms with E-state index in [1.807, 2.05) is 12.3 Å². The van der Waals surface area contributed by atoms with Crippen LogP contribution in [-0.2, 0) is 5.54 Å². The van der Waals surface area contributed by atoms with Crippen molar-refractivity contribution in [3.05, 3.63) is 28.7 Å². The molecule has 0 bridgehead atoms. The fourth-order valence-corrected chi connectivity index (χ4v) is 3.68. The van der Waals surface area contributed by atoms with Gasteiger partial charge in [0.2, 0.25) is 0 Å². The summed E-state index contributed by atoms with van der Waals surface area (Å²) in [7, 11) is 0. The molecule has 0 spiro atoms. The quantitative estimate of drug-likeness (QED) is 0.811. The van der Waals surface area contributed by atoms with Crippen LogP contribution in [0.3, 0.4) is 0 Å². The Bertz CT molecular complexity index is 493. The van der Waals surface area contributed by atoms with Crippen LogP contribution < -0.4 is 5.73 Å². The van der Waals surface area contributed by atoms with Crippen molar-refractivity contribution in [3.8, 4) is 11.4 Å². The SMILES string of the molecule is NC1(c2nc(-c3ccc[nH]3)cs2)CCCCCC1. The predicted octanol–water partition coefficient (Wildman–Crippen LogP) is 3.65. The Morgan fingerprint density at radius 2 is 2.00 bits per heavy atom. The van der Waals surface area contributed by atoms with E-state index >= 15 is 0 Å².